The highest BCUT2D eigenvalue weighted by Crippen LogP contribution is 2.37. The summed E-state index contributed by atoms with van der Waals surface area (Å²) in [5.41, 5.74) is 4.69. The second-order valence-corrected chi connectivity index (χ2v) is 15.9. The Morgan fingerprint density at radius 1 is 0.951 bits per heavy atom. The predicted molar refractivity (Wildman–Crippen MR) is 167 cm³/mol. The number of amides is 2. The van der Waals surface area contributed by atoms with Crippen LogP contribution in [0.1, 0.15) is 25.0 Å². The van der Waals surface area contributed by atoms with E-state index >= 15 is 0 Å². The Balaban J connectivity index is 1.71. The Morgan fingerprint density at radius 2 is 1.66 bits per heavy atom. The number of aromatic nitrogens is 2. The first kappa shape index (κ1) is 29.6. The number of carbonyl (C=O) groups excluding carboxylic acids is 2. The monoisotopic (exact) mass is 570 g/mol. The molecule has 0 bridgehead atoms. The lowest BCUT2D eigenvalue weighted by molar-refractivity contribution is -0.116. The third-order valence-corrected chi connectivity index (χ3v) is 8.69. The fourth-order valence-corrected chi connectivity index (χ4v) is 6.16. The fraction of sp³-hybridized carbons (Fsp3) is 0.281. The number of hydrogen-bond donors (Lipinski definition) is 2. The van der Waals surface area contributed by atoms with Gasteiger partial charge in [0.25, 0.3) is 0 Å². The summed E-state index contributed by atoms with van der Waals surface area (Å²) in [4.78, 5) is 25.9. The van der Waals surface area contributed by atoms with Gasteiger partial charge >= 0.3 is 0 Å². The normalized spacial score (nSPS) is 11.2. The van der Waals surface area contributed by atoms with Crippen molar-refractivity contribution in [2.24, 2.45) is 0 Å². The standard InChI is InChI=1S/C32H38N4O4Si/c1-7-36-20-25(32(35-36)40-21-23-11-9-8-10-12-23)19-29(38)34-31-28(41(4,5)6)18-17-27(33-22(2)37)30(31)24-13-15-26(39-3)16-14-24/h8-18,20H,7,19,21H2,1-6H3,(H,33,37)(H,34,38). The van der Waals surface area contributed by atoms with Crippen LogP contribution in [0.25, 0.3) is 11.1 Å². The molecule has 0 fully saturated rings. The molecule has 41 heavy (non-hydrogen) atoms. The summed E-state index contributed by atoms with van der Waals surface area (Å²) >= 11 is 0. The van der Waals surface area contributed by atoms with E-state index in [1.165, 1.54) is 6.92 Å². The van der Waals surface area contributed by atoms with Crippen molar-refractivity contribution in [2.45, 2.75) is 53.1 Å². The van der Waals surface area contributed by atoms with Crippen LogP contribution >= 0.6 is 0 Å². The maximum atomic E-state index is 13.7. The van der Waals surface area contributed by atoms with Crippen LogP contribution in [0.4, 0.5) is 11.4 Å². The van der Waals surface area contributed by atoms with Gasteiger partial charge in [-0.25, -0.2) is 0 Å². The molecule has 1 heterocycles. The van der Waals surface area contributed by atoms with Crippen LogP contribution in [0.3, 0.4) is 0 Å². The number of nitrogens with one attached hydrogen (secondary N) is 2. The summed E-state index contributed by atoms with van der Waals surface area (Å²) in [5, 5.41) is 11.8. The first-order valence-electron chi connectivity index (χ1n) is 13.7. The number of benzene rings is 3. The van der Waals surface area contributed by atoms with Crippen LogP contribution in [0.2, 0.25) is 19.6 Å². The molecule has 4 rings (SSSR count). The average molecular weight is 571 g/mol. The summed E-state index contributed by atoms with van der Waals surface area (Å²) in [5.74, 6) is 0.779. The molecule has 0 unspecified atom stereocenters. The molecule has 0 aliphatic heterocycles. The molecule has 0 saturated heterocycles. The molecular weight excluding hydrogens is 532 g/mol. The molecule has 0 aliphatic carbocycles. The van der Waals surface area contributed by atoms with E-state index in [2.05, 4.69) is 35.4 Å². The second-order valence-electron chi connectivity index (χ2n) is 10.9. The van der Waals surface area contributed by atoms with Gasteiger partial charge in [-0.2, -0.15) is 0 Å². The van der Waals surface area contributed by atoms with Gasteiger partial charge in [-0.3, -0.25) is 14.3 Å². The molecule has 2 N–H and O–H groups in total. The largest absolute Gasteiger partial charge is 0.497 e. The quantitative estimate of drug-likeness (QED) is 0.221. The molecule has 0 aliphatic rings. The predicted octanol–water partition coefficient (Wildman–Crippen LogP) is 5.84. The van der Waals surface area contributed by atoms with Crippen molar-refractivity contribution in [1.82, 2.24) is 9.78 Å². The van der Waals surface area contributed by atoms with Crippen LogP contribution in [0, 0.1) is 0 Å². The van der Waals surface area contributed by atoms with Crippen molar-refractivity contribution in [3.05, 3.63) is 84.1 Å². The van der Waals surface area contributed by atoms with Gasteiger partial charge in [0.05, 0.1) is 27.3 Å². The third-order valence-electron chi connectivity index (χ3n) is 6.66. The van der Waals surface area contributed by atoms with E-state index in [-0.39, 0.29) is 18.2 Å². The first-order chi connectivity index (χ1) is 19.6. The Hall–Kier alpha value is -4.37. The minimum absolute atomic E-state index is 0.0850. The van der Waals surface area contributed by atoms with E-state index in [9.17, 15) is 9.59 Å². The van der Waals surface area contributed by atoms with Crippen molar-refractivity contribution in [1.29, 1.82) is 0 Å². The third kappa shape index (κ3) is 7.43. The molecule has 2 amide bonds. The summed E-state index contributed by atoms with van der Waals surface area (Å²) in [6.45, 7) is 11.2. The highest BCUT2D eigenvalue weighted by Gasteiger charge is 2.27. The summed E-state index contributed by atoms with van der Waals surface area (Å²) in [7, 11) is -0.319. The Bertz CT molecular complexity index is 1510. The number of methoxy groups -OCH3 is 1. The zero-order valence-corrected chi connectivity index (χ0v) is 25.6. The van der Waals surface area contributed by atoms with Gasteiger partial charge in [-0.15, -0.1) is 5.10 Å². The van der Waals surface area contributed by atoms with Crippen LogP contribution in [0.15, 0.2) is 72.9 Å². The number of hydrogen-bond acceptors (Lipinski definition) is 5. The molecule has 0 spiro atoms. The van der Waals surface area contributed by atoms with Gasteiger partial charge in [0.1, 0.15) is 12.4 Å². The van der Waals surface area contributed by atoms with E-state index in [0.29, 0.717) is 36.0 Å². The van der Waals surface area contributed by atoms with Crippen LogP contribution in [0.5, 0.6) is 11.6 Å². The SMILES string of the molecule is CCn1cc(CC(=O)Nc2c([Si](C)(C)C)ccc(NC(C)=O)c2-c2ccc(OC)cc2)c(OCc2ccccc2)n1. The fourth-order valence-electron chi connectivity index (χ4n) is 4.64. The number of carbonyl (C=O) groups is 2. The molecule has 0 radical (unpaired) electrons. The van der Waals surface area contributed by atoms with Gasteiger partial charge in [-0.05, 0) is 41.4 Å². The van der Waals surface area contributed by atoms with E-state index in [1.807, 2.05) is 79.9 Å². The molecule has 0 saturated carbocycles. The van der Waals surface area contributed by atoms with Gasteiger partial charge in [0.15, 0.2) is 0 Å². The van der Waals surface area contributed by atoms with E-state index in [0.717, 1.165) is 27.6 Å². The van der Waals surface area contributed by atoms with Crippen molar-refractivity contribution >= 4 is 36.4 Å². The highest BCUT2D eigenvalue weighted by atomic mass is 28.3. The number of anilines is 2. The maximum Gasteiger partial charge on any atom is 0.236 e. The Labute approximate surface area is 242 Å². The molecular formula is C32H38N4O4Si. The topological polar surface area (TPSA) is 94.5 Å². The lowest BCUT2D eigenvalue weighted by Crippen LogP contribution is -2.40. The summed E-state index contributed by atoms with van der Waals surface area (Å²) < 4.78 is 13.2. The van der Waals surface area contributed by atoms with Crippen molar-refractivity contribution in [3.8, 4) is 22.8 Å². The van der Waals surface area contributed by atoms with E-state index < -0.39 is 8.07 Å². The van der Waals surface area contributed by atoms with Gasteiger partial charge in [-0.1, -0.05) is 68.2 Å². The van der Waals surface area contributed by atoms with Crippen molar-refractivity contribution in [3.63, 3.8) is 0 Å². The average Bonchev–Trinajstić information content (AvgIpc) is 3.33. The minimum atomic E-state index is -1.94. The van der Waals surface area contributed by atoms with Crippen molar-refractivity contribution in [2.75, 3.05) is 17.7 Å². The lowest BCUT2D eigenvalue weighted by atomic mass is 10.0. The maximum absolute atomic E-state index is 13.7. The van der Waals surface area contributed by atoms with Crippen molar-refractivity contribution < 1.29 is 19.1 Å². The summed E-state index contributed by atoms with van der Waals surface area (Å²) in [6.07, 6.45) is 1.94. The number of ether oxygens (including phenoxy) is 2. The zero-order chi connectivity index (χ0) is 29.6. The molecule has 0 atom stereocenters. The molecule has 9 heteroatoms. The van der Waals surface area contributed by atoms with Gasteiger partial charge in [0.2, 0.25) is 17.7 Å². The molecule has 1 aromatic heterocycles. The molecule has 8 nitrogen and oxygen atoms in total. The van der Waals surface area contributed by atoms with Crippen LogP contribution in [-0.4, -0.2) is 36.8 Å². The van der Waals surface area contributed by atoms with E-state index in [1.54, 1.807) is 11.8 Å². The number of rotatable bonds is 11. The van der Waals surface area contributed by atoms with Crippen LogP contribution < -0.4 is 25.3 Å². The summed E-state index contributed by atoms with van der Waals surface area (Å²) in [6, 6.07) is 21.4. The minimum Gasteiger partial charge on any atom is -0.497 e. The van der Waals surface area contributed by atoms with Gasteiger partial charge in [0, 0.05) is 36.5 Å². The number of aryl methyl sites for hydroxylation is 1. The lowest BCUT2D eigenvalue weighted by Gasteiger charge is -2.26. The second kappa shape index (κ2) is 12.9. The van der Waals surface area contributed by atoms with Crippen LogP contribution in [-0.2, 0) is 29.2 Å². The smallest absolute Gasteiger partial charge is 0.236 e. The molecule has 3 aromatic carbocycles. The first-order valence-corrected chi connectivity index (χ1v) is 17.2. The number of nitrogens with zero attached hydrogens (tertiary/aromatic N) is 2. The Morgan fingerprint density at radius 3 is 2.27 bits per heavy atom. The highest BCUT2D eigenvalue weighted by molar-refractivity contribution is 6.90. The zero-order valence-electron chi connectivity index (χ0n) is 24.6. The molecule has 4 aromatic rings. The molecule has 214 valence electrons. The van der Waals surface area contributed by atoms with Gasteiger partial charge < -0.3 is 20.1 Å². The van der Waals surface area contributed by atoms with E-state index in [4.69, 9.17) is 9.47 Å². The Kier molecular flexibility index (Phi) is 9.29.